The minimum absolute atomic E-state index is 0.0849. The first-order chi connectivity index (χ1) is 11.6. The van der Waals surface area contributed by atoms with Gasteiger partial charge in [0.2, 0.25) is 5.91 Å². The van der Waals surface area contributed by atoms with Crippen LogP contribution in [0.1, 0.15) is 35.2 Å². The Morgan fingerprint density at radius 1 is 1.42 bits per heavy atom. The number of anilines is 1. The number of H-pyrrole nitrogens is 1. The minimum atomic E-state index is -0.184. The fourth-order valence-corrected chi connectivity index (χ4v) is 4.26. The summed E-state index contributed by atoms with van der Waals surface area (Å²) in [4.78, 5) is 28.0. The summed E-state index contributed by atoms with van der Waals surface area (Å²) in [6.45, 7) is 0.457. The number of hydrogen-bond acceptors (Lipinski definition) is 5. The predicted octanol–water partition coefficient (Wildman–Crippen LogP) is 2.68. The van der Waals surface area contributed by atoms with Gasteiger partial charge in [-0.05, 0) is 31.4 Å². The molecule has 0 aliphatic heterocycles. The van der Waals surface area contributed by atoms with Gasteiger partial charge in [-0.3, -0.25) is 4.79 Å². The highest BCUT2D eigenvalue weighted by Crippen LogP contribution is 2.36. The van der Waals surface area contributed by atoms with E-state index in [0.29, 0.717) is 11.7 Å². The zero-order valence-electron chi connectivity index (χ0n) is 13.5. The lowest BCUT2D eigenvalue weighted by molar-refractivity contribution is -0.132. The Balaban J connectivity index is 1.54. The molecule has 0 saturated carbocycles. The van der Waals surface area contributed by atoms with Gasteiger partial charge < -0.3 is 15.6 Å². The molecule has 3 N–H and O–H groups in total. The molecule has 1 unspecified atom stereocenters. The van der Waals surface area contributed by atoms with Crippen molar-refractivity contribution in [2.45, 2.75) is 31.7 Å². The number of likely N-dealkylation sites (N-methyl/N-ethyl adjacent to an activating group) is 1. The molecule has 124 valence electrons. The normalized spacial score (nSPS) is 17.0. The summed E-state index contributed by atoms with van der Waals surface area (Å²) >= 11 is 1.51. The monoisotopic (exact) mass is 341 g/mol. The van der Waals surface area contributed by atoms with Crippen LogP contribution in [0.15, 0.2) is 24.3 Å². The van der Waals surface area contributed by atoms with Gasteiger partial charge in [-0.2, -0.15) is 0 Å². The fourth-order valence-electron chi connectivity index (χ4n) is 3.33. The summed E-state index contributed by atoms with van der Waals surface area (Å²) in [5.41, 5.74) is 8.61. The number of rotatable bonds is 3. The number of carbonyl (C=O) groups is 1. The highest BCUT2D eigenvalue weighted by molar-refractivity contribution is 7.15. The van der Waals surface area contributed by atoms with Crippen LogP contribution in [0.3, 0.4) is 0 Å². The van der Waals surface area contributed by atoms with Crippen LogP contribution in [-0.4, -0.2) is 32.8 Å². The zero-order valence-corrected chi connectivity index (χ0v) is 14.3. The number of para-hydroxylation sites is 2. The first kappa shape index (κ1) is 15.1. The summed E-state index contributed by atoms with van der Waals surface area (Å²) in [5.74, 6) is 0.694. The molecule has 3 aromatic rings. The van der Waals surface area contributed by atoms with Crippen molar-refractivity contribution in [3.63, 3.8) is 0 Å². The number of aryl methyl sites for hydroxylation is 1. The number of aromatic nitrogens is 3. The lowest BCUT2D eigenvalue weighted by Gasteiger charge is -2.25. The van der Waals surface area contributed by atoms with E-state index in [4.69, 9.17) is 5.73 Å². The van der Waals surface area contributed by atoms with Crippen LogP contribution in [0.25, 0.3) is 11.0 Å². The quantitative estimate of drug-likeness (QED) is 0.766. The molecule has 1 aliphatic carbocycles. The molecular weight excluding hydrogens is 322 g/mol. The third-order valence-corrected chi connectivity index (χ3v) is 5.43. The van der Waals surface area contributed by atoms with Crippen molar-refractivity contribution >= 4 is 33.4 Å². The molecule has 2 heterocycles. The largest absolute Gasteiger partial charge is 0.375 e. The summed E-state index contributed by atoms with van der Waals surface area (Å²) in [5, 5.41) is 0.555. The molecule has 7 heteroatoms. The first-order valence-corrected chi connectivity index (χ1v) is 8.87. The van der Waals surface area contributed by atoms with Crippen LogP contribution >= 0.6 is 11.3 Å². The number of aromatic amines is 1. The van der Waals surface area contributed by atoms with Crippen molar-refractivity contribution in [2.24, 2.45) is 0 Å². The van der Waals surface area contributed by atoms with E-state index in [1.807, 2.05) is 31.3 Å². The number of amides is 1. The van der Waals surface area contributed by atoms with E-state index in [1.165, 1.54) is 11.3 Å². The third-order valence-electron chi connectivity index (χ3n) is 4.47. The van der Waals surface area contributed by atoms with E-state index in [1.54, 1.807) is 4.90 Å². The Bertz CT molecular complexity index is 866. The van der Waals surface area contributed by atoms with Crippen LogP contribution in [0.2, 0.25) is 0 Å². The second-order valence-corrected chi connectivity index (χ2v) is 7.32. The fraction of sp³-hybridized carbons (Fsp3) is 0.353. The van der Waals surface area contributed by atoms with Gasteiger partial charge >= 0.3 is 0 Å². The maximum absolute atomic E-state index is 12.9. The molecule has 1 aromatic carbocycles. The maximum atomic E-state index is 12.9. The lowest BCUT2D eigenvalue weighted by Crippen LogP contribution is -2.33. The molecule has 1 aliphatic rings. The van der Waals surface area contributed by atoms with E-state index in [2.05, 4.69) is 15.0 Å². The second-order valence-electron chi connectivity index (χ2n) is 6.20. The number of fused-ring (bicyclic) bond motifs is 2. The van der Waals surface area contributed by atoms with E-state index in [-0.39, 0.29) is 11.8 Å². The van der Waals surface area contributed by atoms with Crippen LogP contribution in [0.4, 0.5) is 5.13 Å². The van der Waals surface area contributed by atoms with Crippen molar-refractivity contribution in [1.29, 1.82) is 0 Å². The summed E-state index contributed by atoms with van der Waals surface area (Å²) in [6, 6.07) is 7.87. The molecule has 1 atom stereocenters. The zero-order chi connectivity index (χ0) is 16.7. The molecule has 0 spiro atoms. The molecule has 1 amide bonds. The molecule has 0 bridgehead atoms. The van der Waals surface area contributed by atoms with E-state index >= 15 is 0 Å². The van der Waals surface area contributed by atoms with Gasteiger partial charge in [0.05, 0.1) is 29.2 Å². The van der Waals surface area contributed by atoms with Gasteiger partial charge in [0.1, 0.15) is 5.82 Å². The highest BCUT2D eigenvalue weighted by atomic mass is 32.1. The van der Waals surface area contributed by atoms with E-state index in [9.17, 15) is 4.79 Å². The van der Waals surface area contributed by atoms with Gasteiger partial charge in [0, 0.05) is 11.9 Å². The number of nitrogen functional groups attached to an aromatic ring is 1. The maximum Gasteiger partial charge on any atom is 0.231 e. The van der Waals surface area contributed by atoms with Gasteiger partial charge in [0.15, 0.2) is 5.13 Å². The van der Waals surface area contributed by atoms with Crippen molar-refractivity contribution in [1.82, 2.24) is 19.9 Å². The average Bonchev–Trinajstić information content (AvgIpc) is 3.15. The number of carbonyl (C=O) groups excluding carboxylic acids is 1. The molecule has 4 rings (SSSR count). The molecule has 24 heavy (non-hydrogen) atoms. The highest BCUT2D eigenvalue weighted by Gasteiger charge is 2.32. The number of nitrogens with two attached hydrogens (primary N) is 1. The average molecular weight is 341 g/mol. The second kappa shape index (κ2) is 5.90. The lowest BCUT2D eigenvalue weighted by atomic mass is 9.90. The van der Waals surface area contributed by atoms with Crippen LogP contribution in [-0.2, 0) is 17.8 Å². The number of imidazole rings is 1. The molecule has 2 aromatic heterocycles. The Morgan fingerprint density at radius 3 is 3.08 bits per heavy atom. The van der Waals surface area contributed by atoms with Crippen molar-refractivity contribution in [2.75, 3.05) is 12.8 Å². The Kier molecular flexibility index (Phi) is 3.72. The number of nitrogens with zero attached hydrogens (tertiary/aromatic N) is 3. The molecule has 0 fully saturated rings. The summed E-state index contributed by atoms with van der Waals surface area (Å²) in [6.07, 6.45) is 2.81. The molecule has 0 saturated heterocycles. The van der Waals surface area contributed by atoms with Gasteiger partial charge in [-0.15, -0.1) is 11.3 Å². The first-order valence-electron chi connectivity index (χ1n) is 8.05. The van der Waals surface area contributed by atoms with Crippen LogP contribution < -0.4 is 5.73 Å². The predicted molar refractivity (Wildman–Crippen MR) is 94.8 cm³/mol. The number of thiazole rings is 1. The Morgan fingerprint density at radius 2 is 2.25 bits per heavy atom. The topological polar surface area (TPSA) is 87.9 Å². The Labute approximate surface area is 143 Å². The molecule has 6 nitrogen and oxygen atoms in total. The standard InChI is InChI=1S/C17H19N5OS/c1-22(9-14-19-11-6-2-3-7-12(11)20-14)16(23)10-5-4-8-13-15(10)21-17(18)24-13/h2-3,6-7,10H,4-5,8-9H2,1H3,(H2,18,21)(H,19,20). The van der Waals surface area contributed by atoms with Gasteiger partial charge in [-0.1, -0.05) is 12.1 Å². The number of nitrogens with one attached hydrogen (secondary N) is 1. The van der Waals surface area contributed by atoms with Crippen molar-refractivity contribution in [3.8, 4) is 0 Å². The minimum Gasteiger partial charge on any atom is -0.375 e. The van der Waals surface area contributed by atoms with Crippen molar-refractivity contribution in [3.05, 3.63) is 40.7 Å². The van der Waals surface area contributed by atoms with E-state index in [0.717, 1.165) is 46.7 Å². The van der Waals surface area contributed by atoms with Gasteiger partial charge in [-0.25, -0.2) is 9.97 Å². The summed E-state index contributed by atoms with van der Waals surface area (Å²) in [7, 11) is 1.82. The van der Waals surface area contributed by atoms with Crippen LogP contribution in [0, 0.1) is 0 Å². The number of hydrogen-bond donors (Lipinski definition) is 2. The molecule has 0 radical (unpaired) electrons. The number of benzene rings is 1. The Hall–Kier alpha value is -2.41. The smallest absolute Gasteiger partial charge is 0.231 e. The summed E-state index contributed by atoms with van der Waals surface area (Å²) < 4.78 is 0. The third kappa shape index (κ3) is 2.65. The van der Waals surface area contributed by atoms with Crippen LogP contribution in [0.5, 0.6) is 0 Å². The van der Waals surface area contributed by atoms with E-state index < -0.39 is 0 Å². The van der Waals surface area contributed by atoms with Crippen molar-refractivity contribution < 1.29 is 4.79 Å². The molecular formula is C17H19N5OS. The van der Waals surface area contributed by atoms with Gasteiger partial charge in [0.25, 0.3) is 0 Å². The SMILES string of the molecule is CN(Cc1nc2ccccc2[nH]1)C(=O)C1CCCc2sc(N)nc21.